The van der Waals surface area contributed by atoms with E-state index in [1.165, 1.54) is 0 Å². The molecule has 0 aliphatic rings. The van der Waals surface area contributed by atoms with Crippen LogP contribution in [-0.2, 0) is 9.78 Å². The van der Waals surface area contributed by atoms with Gasteiger partial charge in [0.2, 0.25) is 0 Å². The molecular formula is C12H18O2. The Kier molecular flexibility index (Phi) is 6.72. The number of unbranched alkanes of at least 4 members (excludes halogenated alkanes) is 1. The summed E-state index contributed by atoms with van der Waals surface area (Å²) in [6.45, 7) is 7.79. The van der Waals surface area contributed by atoms with E-state index in [1.54, 1.807) is 0 Å². The molecule has 2 heteroatoms. The van der Waals surface area contributed by atoms with Gasteiger partial charge in [0, 0.05) is 6.42 Å². The van der Waals surface area contributed by atoms with Gasteiger partial charge in [-0.15, -0.1) is 5.92 Å². The van der Waals surface area contributed by atoms with Crippen molar-refractivity contribution < 1.29 is 9.78 Å². The van der Waals surface area contributed by atoms with E-state index in [0.29, 0.717) is 6.42 Å². The van der Waals surface area contributed by atoms with E-state index in [4.69, 9.17) is 4.89 Å². The molecule has 14 heavy (non-hydrogen) atoms. The average molecular weight is 194 g/mol. The standard InChI is InChI=1S/C12H18O2/c1-5-6-7-8-9-10-11-13-14-12(2,3)4/h5-6,9H2,1-4H3. The first-order chi connectivity index (χ1) is 6.56. The molecule has 0 aromatic carbocycles. The molecule has 0 rings (SSSR count). The maximum atomic E-state index is 4.94. The summed E-state index contributed by atoms with van der Waals surface area (Å²) in [6.07, 6.45) is 5.00. The number of rotatable bonds is 2. The van der Waals surface area contributed by atoms with Crippen molar-refractivity contribution in [2.24, 2.45) is 0 Å². The Morgan fingerprint density at radius 2 is 1.79 bits per heavy atom. The molecule has 0 aromatic rings. The molecule has 0 bridgehead atoms. The zero-order chi connectivity index (χ0) is 10.9. The van der Waals surface area contributed by atoms with Crippen LogP contribution >= 0.6 is 0 Å². The third kappa shape index (κ3) is 10.9. The van der Waals surface area contributed by atoms with E-state index in [-0.39, 0.29) is 5.60 Å². The minimum atomic E-state index is -0.317. The Bertz CT molecular complexity index is 252. The Morgan fingerprint density at radius 3 is 2.36 bits per heavy atom. The first kappa shape index (κ1) is 12.9. The molecule has 0 radical (unpaired) electrons. The summed E-state index contributed by atoms with van der Waals surface area (Å²) in [6, 6.07) is 0. The molecule has 0 aliphatic heterocycles. The zero-order valence-corrected chi connectivity index (χ0v) is 9.44. The van der Waals surface area contributed by atoms with Gasteiger partial charge in [0.25, 0.3) is 0 Å². The largest absolute Gasteiger partial charge is 0.282 e. The molecule has 0 fully saturated rings. The van der Waals surface area contributed by atoms with Crippen molar-refractivity contribution >= 4 is 0 Å². The fourth-order valence-electron chi connectivity index (χ4n) is 0.531. The summed E-state index contributed by atoms with van der Waals surface area (Å²) in [5, 5.41) is 0. The molecular weight excluding hydrogens is 176 g/mol. The van der Waals surface area contributed by atoms with Crippen molar-refractivity contribution in [3.8, 4) is 23.9 Å². The van der Waals surface area contributed by atoms with E-state index in [9.17, 15) is 0 Å². The van der Waals surface area contributed by atoms with E-state index in [1.807, 2.05) is 20.8 Å². The molecule has 0 N–H and O–H groups in total. The van der Waals surface area contributed by atoms with E-state index >= 15 is 0 Å². The van der Waals surface area contributed by atoms with Crippen LogP contribution in [0.2, 0.25) is 0 Å². The lowest BCUT2D eigenvalue weighted by atomic mass is 10.2. The molecule has 0 saturated heterocycles. The smallest absolute Gasteiger partial charge is 0.158 e. The Hall–Kier alpha value is -1.12. The van der Waals surface area contributed by atoms with Crippen LogP contribution in [0.3, 0.4) is 0 Å². The highest BCUT2D eigenvalue weighted by Crippen LogP contribution is 2.05. The summed E-state index contributed by atoms with van der Waals surface area (Å²) in [7, 11) is 0. The first-order valence-corrected chi connectivity index (χ1v) is 4.84. The summed E-state index contributed by atoms with van der Waals surface area (Å²) >= 11 is 0. The van der Waals surface area contributed by atoms with Crippen LogP contribution in [0.5, 0.6) is 0 Å². The lowest BCUT2D eigenvalue weighted by molar-refractivity contribution is -0.300. The Morgan fingerprint density at radius 1 is 1.07 bits per heavy atom. The van der Waals surface area contributed by atoms with Crippen LogP contribution in [-0.4, -0.2) is 5.60 Å². The van der Waals surface area contributed by atoms with Gasteiger partial charge in [-0.05, 0) is 33.1 Å². The Labute approximate surface area is 86.9 Å². The molecule has 2 nitrogen and oxygen atoms in total. The fourth-order valence-corrected chi connectivity index (χ4v) is 0.531. The van der Waals surface area contributed by atoms with Gasteiger partial charge in [-0.25, -0.2) is 0 Å². The minimum Gasteiger partial charge on any atom is -0.282 e. The molecule has 0 saturated carbocycles. The van der Waals surface area contributed by atoms with Gasteiger partial charge in [-0.2, -0.15) is 4.89 Å². The molecule has 0 aromatic heterocycles. The highest BCUT2D eigenvalue weighted by molar-refractivity contribution is 5.08. The molecule has 0 unspecified atom stereocenters. The quantitative estimate of drug-likeness (QED) is 0.382. The summed E-state index contributed by atoms with van der Waals surface area (Å²) in [5.41, 5.74) is -0.317. The van der Waals surface area contributed by atoms with E-state index in [0.717, 1.165) is 12.8 Å². The van der Waals surface area contributed by atoms with Crippen molar-refractivity contribution in [3.63, 3.8) is 0 Å². The van der Waals surface area contributed by atoms with Crippen LogP contribution in [0.4, 0.5) is 0 Å². The molecule has 0 amide bonds. The van der Waals surface area contributed by atoms with Gasteiger partial charge in [-0.3, -0.25) is 4.89 Å². The maximum absolute atomic E-state index is 4.94. The van der Waals surface area contributed by atoms with Crippen LogP contribution in [0.15, 0.2) is 0 Å². The van der Waals surface area contributed by atoms with Crippen LogP contribution in [0.1, 0.15) is 47.0 Å². The van der Waals surface area contributed by atoms with Gasteiger partial charge in [-0.1, -0.05) is 12.8 Å². The summed E-state index contributed by atoms with van der Waals surface area (Å²) in [4.78, 5) is 9.61. The predicted octanol–water partition coefficient (Wildman–Crippen LogP) is 2.89. The highest BCUT2D eigenvalue weighted by Gasteiger charge is 2.10. The summed E-state index contributed by atoms with van der Waals surface area (Å²) < 4.78 is 0. The zero-order valence-electron chi connectivity index (χ0n) is 9.44. The van der Waals surface area contributed by atoms with E-state index in [2.05, 4.69) is 35.7 Å². The van der Waals surface area contributed by atoms with Crippen LogP contribution < -0.4 is 0 Å². The van der Waals surface area contributed by atoms with Crippen molar-refractivity contribution in [1.82, 2.24) is 0 Å². The minimum absolute atomic E-state index is 0.317. The lowest BCUT2D eigenvalue weighted by Gasteiger charge is -2.13. The van der Waals surface area contributed by atoms with Crippen molar-refractivity contribution in [2.45, 2.75) is 52.6 Å². The highest BCUT2D eigenvalue weighted by atomic mass is 17.2. The van der Waals surface area contributed by atoms with Crippen molar-refractivity contribution in [1.29, 1.82) is 0 Å². The third-order valence-electron chi connectivity index (χ3n) is 1.08. The normalized spacial score (nSPS) is 9.43. The second kappa shape index (κ2) is 7.30. The van der Waals surface area contributed by atoms with E-state index < -0.39 is 0 Å². The predicted molar refractivity (Wildman–Crippen MR) is 57.0 cm³/mol. The first-order valence-electron chi connectivity index (χ1n) is 4.84. The van der Waals surface area contributed by atoms with Gasteiger partial charge < -0.3 is 0 Å². The topological polar surface area (TPSA) is 18.5 Å². The van der Waals surface area contributed by atoms with Gasteiger partial charge >= 0.3 is 0 Å². The lowest BCUT2D eigenvalue weighted by Crippen LogP contribution is -2.17. The van der Waals surface area contributed by atoms with Crippen molar-refractivity contribution in [2.75, 3.05) is 0 Å². The SMILES string of the molecule is CCCC#CCC#COOC(C)(C)C. The summed E-state index contributed by atoms with van der Waals surface area (Å²) in [5.74, 6) is 8.66. The van der Waals surface area contributed by atoms with Crippen molar-refractivity contribution in [3.05, 3.63) is 0 Å². The third-order valence-corrected chi connectivity index (χ3v) is 1.08. The molecule has 0 heterocycles. The second-order valence-electron chi connectivity index (χ2n) is 3.84. The van der Waals surface area contributed by atoms with Crippen LogP contribution in [0, 0.1) is 23.9 Å². The Balaban J connectivity index is 3.51. The van der Waals surface area contributed by atoms with Crippen LogP contribution in [0.25, 0.3) is 0 Å². The molecule has 0 aliphatic carbocycles. The fraction of sp³-hybridized carbons (Fsp3) is 0.667. The molecule has 0 spiro atoms. The maximum Gasteiger partial charge on any atom is 0.158 e. The van der Waals surface area contributed by atoms with Gasteiger partial charge in [0.15, 0.2) is 6.11 Å². The molecule has 78 valence electrons. The van der Waals surface area contributed by atoms with Gasteiger partial charge in [0.05, 0.1) is 6.42 Å². The molecule has 0 atom stereocenters. The van der Waals surface area contributed by atoms with Gasteiger partial charge in [0.1, 0.15) is 5.60 Å². The number of hydrogen-bond donors (Lipinski definition) is 0. The average Bonchev–Trinajstić information content (AvgIpc) is 2.08. The monoisotopic (exact) mass is 194 g/mol. The number of hydrogen-bond acceptors (Lipinski definition) is 2. The second-order valence-corrected chi connectivity index (χ2v) is 3.84.